The summed E-state index contributed by atoms with van der Waals surface area (Å²) in [6.07, 6.45) is -4.68. The topological polar surface area (TPSA) is 26.3 Å². The maximum atomic E-state index is 12.4. The molecule has 0 amide bonds. The molecule has 0 saturated heterocycles. The van der Waals surface area contributed by atoms with Crippen LogP contribution < -0.4 is 0 Å². The molecule has 1 unspecified atom stereocenters. The lowest BCUT2D eigenvalue weighted by molar-refractivity contribution is -0.211. The minimum Gasteiger partial charge on any atom is -0.457 e. The summed E-state index contributed by atoms with van der Waals surface area (Å²) < 4.78 is 51.2. The summed E-state index contributed by atoms with van der Waals surface area (Å²) in [4.78, 5) is 10.3. The van der Waals surface area contributed by atoms with E-state index in [2.05, 4.69) is 22.9 Å². The third-order valence-electron chi connectivity index (χ3n) is 0.977. The van der Waals surface area contributed by atoms with Gasteiger partial charge in [0.25, 0.3) is 0 Å². The van der Waals surface area contributed by atoms with Crippen LogP contribution >= 0.6 is 11.6 Å². The van der Waals surface area contributed by atoms with Crippen molar-refractivity contribution >= 4 is 17.6 Å². The molecule has 0 fully saturated rings. The van der Waals surface area contributed by atoms with Crippen LogP contribution in [0.1, 0.15) is 0 Å². The van der Waals surface area contributed by atoms with Gasteiger partial charge in [0, 0.05) is 6.08 Å². The van der Waals surface area contributed by atoms with Crippen LogP contribution in [0.4, 0.5) is 17.6 Å². The van der Waals surface area contributed by atoms with Crippen LogP contribution in [-0.2, 0) is 9.53 Å². The van der Waals surface area contributed by atoms with Crippen molar-refractivity contribution in [2.24, 2.45) is 0 Å². The Labute approximate surface area is 76.1 Å². The van der Waals surface area contributed by atoms with Crippen LogP contribution in [0.2, 0.25) is 0 Å². The summed E-state index contributed by atoms with van der Waals surface area (Å²) in [5, 5.41) is -4.05. The molecule has 2 nitrogen and oxygen atoms in total. The van der Waals surface area contributed by atoms with Crippen molar-refractivity contribution in [1.82, 2.24) is 0 Å². The second-order valence-corrected chi connectivity index (χ2v) is 2.61. The molecule has 0 heterocycles. The molecule has 0 aromatic carbocycles. The van der Waals surface area contributed by atoms with Crippen molar-refractivity contribution in [3.63, 3.8) is 0 Å². The van der Waals surface area contributed by atoms with Gasteiger partial charge in [-0.1, -0.05) is 18.2 Å². The van der Waals surface area contributed by atoms with Gasteiger partial charge >= 0.3 is 17.3 Å². The molecule has 1 atom stereocenters. The van der Waals surface area contributed by atoms with E-state index in [9.17, 15) is 22.4 Å². The summed E-state index contributed by atoms with van der Waals surface area (Å²) in [6, 6.07) is 0. The zero-order chi connectivity index (χ0) is 10.7. The summed E-state index contributed by atoms with van der Waals surface area (Å²) >= 11 is 4.41. The van der Waals surface area contributed by atoms with Crippen molar-refractivity contribution in [2.75, 3.05) is 6.61 Å². The Bertz CT molecular complexity index is 211. The number of halogens is 5. The number of carbonyl (C=O) groups excluding carboxylic acids is 1. The lowest BCUT2D eigenvalue weighted by Crippen LogP contribution is -2.40. The zero-order valence-corrected chi connectivity index (χ0v) is 6.95. The van der Waals surface area contributed by atoms with E-state index >= 15 is 0 Å². The zero-order valence-electron chi connectivity index (χ0n) is 6.20. The van der Waals surface area contributed by atoms with Crippen LogP contribution in [0, 0.1) is 0 Å². The Morgan fingerprint density at radius 3 is 2.23 bits per heavy atom. The SMILES string of the molecule is C=CC(=O)OCC(F)(Cl)C(F)(F)F. The summed E-state index contributed by atoms with van der Waals surface area (Å²) in [5.74, 6) is -1.17. The molecule has 13 heavy (non-hydrogen) atoms. The number of hydrogen-bond acceptors (Lipinski definition) is 2. The number of alkyl halides is 5. The Morgan fingerprint density at radius 1 is 1.46 bits per heavy atom. The van der Waals surface area contributed by atoms with Gasteiger partial charge in [0.2, 0.25) is 0 Å². The summed E-state index contributed by atoms with van der Waals surface area (Å²) in [6.45, 7) is 1.31. The first-order chi connectivity index (χ1) is 5.70. The standard InChI is InChI=1S/C6H5ClF4O2/c1-2-4(12)13-3-5(7,8)6(9,10)11/h2H,1,3H2. The molecule has 0 aliphatic carbocycles. The molecule has 0 N–H and O–H groups in total. The average molecular weight is 221 g/mol. The van der Waals surface area contributed by atoms with Gasteiger partial charge < -0.3 is 4.74 Å². The Balaban J connectivity index is 4.19. The van der Waals surface area contributed by atoms with E-state index in [4.69, 9.17) is 0 Å². The predicted octanol–water partition coefficient (Wildman–Crippen LogP) is 2.18. The average Bonchev–Trinajstić information content (AvgIpc) is 1.98. The lowest BCUT2D eigenvalue weighted by Gasteiger charge is -2.19. The van der Waals surface area contributed by atoms with Gasteiger partial charge in [0.05, 0.1) is 0 Å². The Morgan fingerprint density at radius 2 is 1.92 bits per heavy atom. The number of ether oxygens (including phenoxy) is 1. The van der Waals surface area contributed by atoms with Crippen molar-refractivity contribution in [3.05, 3.63) is 12.7 Å². The highest BCUT2D eigenvalue weighted by molar-refractivity contribution is 6.23. The van der Waals surface area contributed by atoms with Gasteiger partial charge in [0.15, 0.2) is 0 Å². The molecule has 0 radical (unpaired) electrons. The second-order valence-electron chi connectivity index (χ2n) is 2.01. The van der Waals surface area contributed by atoms with E-state index in [0.717, 1.165) is 0 Å². The fourth-order valence-electron chi connectivity index (χ4n) is 0.303. The van der Waals surface area contributed by atoms with Gasteiger partial charge in [-0.25, -0.2) is 9.18 Å². The predicted molar refractivity (Wildman–Crippen MR) is 36.9 cm³/mol. The van der Waals surface area contributed by atoms with Gasteiger partial charge in [-0.2, -0.15) is 13.2 Å². The van der Waals surface area contributed by atoms with Crippen molar-refractivity contribution in [1.29, 1.82) is 0 Å². The van der Waals surface area contributed by atoms with Crippen LogP contribution in [0.5, 0.6) is 0 Å². The van der Waals surface area contributed by atoms with Crippen LogP contribution in [-0.4, -0.2) is 23.9 Å². The summed E-state index contributed by atoms with van der Waals surface area (Å²) in [5.41, 5.74) is 0. The molecule has 0 aliphatic heterocycles. The monoisotopic (exact) mass is 220 g/mol. The van der Waals surface area contributed by atoms with Crippen LogP contribution in [0.15, 0.2) is 12.7 Å². The quantitative estimate of drug-likeness (QED) is 0.315. The molecule has 0 spiro atoms. The van der Waals surface area contributed by atoms with Crippen LogP contribution in [0.3, 0.4) is 0 Å². The molecular formula is C6H5ClF4O2. The number of esters is 1. The number of rotatable bonds is 3. The van der Waals surface area contributed by atoms with Crippen molar-refractivity contribution in [3.8, 4) is 0 Å². The minimum absolute atomic E-state index is 0.601. The number of hydrogen-bond donors (Lipinski definition) is 0. The third-order valence-corrected chi connectivity index (χ3v) is 1.30. The molecule has 0 aliphatic rings. The van der Waals surface area contributed by atoms with E-state index in [1.165, 1.54) is 0 Å². The molecular weight excluding hydrogens is 216 g/mol. The molecule has 7 heteroatoms. The van der Waals surface area contributed by atoms with Gasteiger partial charge in [-0.15, -0.1) is 0 Å². The van der Waals surface area contributed by atoms with E-state index in [-0.39, 0.29) is 0 Å². The van der Waals surface area contributed by atoms with Crippen LogP contribution in [0.25, 0.3) is 0 Å². The van der Waals surface area contributed by atoms with Gasteiger partial charge in [0.1, 0.15) is 6.61 Å². The first-order valence-electron chi connectivity index (χ1n) is 2.94. The van der Waals surface area contributed by atoms with Crippen molar-refractivity contribution in [2.45, 2.75) is 11.3 Å². The minimum atomic E-state index is -5.28. The molecule has 0 aromatic rings. The lowest BCUT2D eigenvalue weighted by atomic mass is 10.4. The van der Waals surface area contributed by atoms with Gasteiger partial charge in [-0.05, 0) is 0 Å². The number of carbonyl (C=O) groups is 1. The highest BCUT2D eigenvalue weighted by Gasteiger charge is 2.56. The molecule has 0 aromatic heterocycles. The second kappa shape index (κ2) is 3.95. The maximum Gasteiger partial charge on any atom is 0.440 e. The molecule has 76 valence electrons. The highest BCUT2D eigenvalue weighted by Crippen LogP contribution is 2.37. The first-order valence-corrected chi connectivity index (χ1v) is 3.32. The van der Waals surface area contributed by atoms with E-state index in [1.807, 2.05) is 0 Å². The van der Waals surface area contributed by atoms with Gasteiger partial charge in [-0.3, -0.25) is 0 Å². The fraction of sp³-hybridized carbons (Fsp3) is 0.500. The largest absolute Gasteiger partial charge is 0.457 e. The Hall–Kier alpha value is -0.780. The molecule has 0 rings (SSSR count). The molecule has 0 bridgehead atoms. The van der Waals surface area contributed by atoms with E-state index in [1.54, 1.807) is 0 Å². The molecule has 0 saturated carbocycles. The fourth-order valence-corrected chi connectivity index (χ4v) is 0.357. The van der Waals surface area contributed by atoms with E-state index < -0.39 is 23.9 Å². The smallest absolute Gasteiger partial charge is 0.440 e. The van der Waals surface area contributed by atoms with Crippen molar-refractivity contribution < 1.29 is 27.1 Å². The third kappa shape index (κ3) is 3.63. The van der Waals surface area contributed by atoms with E-state index in [0.29, 0.717) is 6.08 Å². The normalized spacial score (nSPS) is 16.1. The first kappa shape index (κ1) is 12.2. The summed E-state index contributed by atoms with van der Waals surface area (Å²) in [7, 11) is 0. The highest BCUT2D eigenvalue weighted by atomic mass is 35.5. The Kier molecular flexibility index (Phi) is 3.71. The maximum absolute atomic E-state index is 12.4.